The van der Waals surface area contributed by atoms with Crippen LogP contribution in [0.1, 0.15) is 17.5 Å². The highest BCUT2D eigenvalue weighted by molar-refractivity contribution is 8.15. The largest absolute Gasteiger partial charge is 0.232 e. The molecule has 1 heteroatoms. The Morgan fingerprint density at radius 2 is 2.00 bits per heavy atom. The Bertz CT molecular complexity index is 289. The van der Waals surface area contributed by atoms with Gasteiger partial charge in [0.2, 0.25) is 0 Å². The van der Waals surface area contributed by atoms with Gasteiger partial charge in [-0.3, -0.25) is 0 Å². The predicted octanol–water partition coefficient (Wildman–Crippen LogP) is 2.80. The molecule has 0 spiro atoms. The zero-order valence-electron chi connectivity index (χ0n) is 7.80. The van der Waals surface area contributed by atoms with Gasteiger partial charge in [0.1, 0.15) is 0 Å². The molecule has 0 radical (unpaired) electrons. The molecule has 1 aromatic carbocycles. The van der Waals surface area contributed by atoms with Crippen molar-refractivity contribution in [1.29, 1.82) is 0 Å². The lowest BCUT2D eigenvalue weighted by Gasteiger charge is -2.14. The summed E-state index contributed by atoms with van der Waals surface area (Å²) in [4.78, 5) is 1.64. The Morgan fingerprint density at radius 3 is 2.75 bits per heavy atom. The van der Waals surface area contributed by atoms with Crippen molar-refractivity contribution in [3.05, 3.63) is 29.3 Å². The third kappa shape index (κ3) is 1.27. The maximum absolute atomic E-state index is 2.35. The molecule has 12 heavy (non-hydrogen) atoms. The molecule has 1 aliphatic carbocycles. The molecule has 0 fully saturated rings. The Morgan fingerprint density at radius 1 is 1.17 bits per heavy atom. The first kappa shape index (κ1) is 8.18. The Labute approximate surface area is 77.3 Å². The van der Waals surface area contributed by atoms with Gasteiger partial charge in [0, 0.05) is 0 Å². The molecule has 0 saturated carbocycles. The summed E-state index contributed by atoms with van der Waals surface area (Å²) in [5, 5.41) is 0. The first-order valence-corrected chi connectivity index (χ1v) is 6.81. The fraction of sp³-hybridized carbons (Fsp3) is 0.455. The van der Waals surface area contributed by atoms with Gasteiger partial charge in [0.15, 0.2) is 0 Å². The molecule has 0 nitrogen and oxygen atoms in total. The molecule has 0 aliphatic heterocycles. The van der Waals surface area contributed by atoms with Gasteiger partial charge in [-0.2, -0.15) is 0 Å². The molecule has 0 N–H and O–H groups in total. The molecular formula is C11H16S. The SMILES string of the molecule is C[SH](C)c1cccc2c1CCC2. The maximum atomic E-state index is 2.35. The normalized spacial score (nSPS) is 16.0. The lowest BCUT2D eigenvalue weighted by Crippen LogP contribution is -1.88. The number of hydrogen-bond donors (Lipinski definition) is 1. The average molecular weight is 180 g/mol. The van der Waals surface area contributed by atoms with Crippen LogP contribution < -0.4 is 0 Å². The molecule has 0 unspecified atom stereocenters. The van der Waals surface area contributed by atoms with E-state index in [1.807, 2.05) is 0 Å². The van der Waals surface area contributed by atoms with Crippen molar-refractivity contribution < 1.29 is 0 Å². The van der Waals surface area contributed by atoms with E-state index >= 15 is 0 Å². The molecular weight excluding hydrogens is 164 g/mol. The highest BCUT2D eigenvalue weighted by Crippen LogP contribution is 2.36. The van der Waals surface area contributed by atoms with Gasteiger partial charge in [-0.25, -0.2) is 10.9 Å². The van der Waals surface area contributed by atoms with Gasteiger partial charge in [-0.05, 0) is 47.8 Å². The summed E-state index contributed by atoms with van der Waals surface area (Å²) in [5.74, 6) is 0. The van der Waals surface area contributed by atoms with E-state index in [0.717, 1.165) is 0 Å². The van der Waals surface area contributed by atoms with E-state index in [1.165, 1.54) is 19.3 Å². The highest BCUT2D eigenvalue weighted by Gasteiger charge is 2.14. The summed E-state index contributed by atoms with van der Waals surface area (Å²) < 4.78 is 0. The van der Waals surface area contributed by atoms with E-state index in [1.54, 1.807) is 16.0 Å². The molecule has 0 amide bonds. The molecule has 0 bridgehead atoms. The van der Waals surface area contributed by atoms with E-state index in [2.05, 4.69) is 30.7 Å². The first-order chi connectivity index (χ1) is 5.79. The van der Waals surface area contributed by atoms with Gasteiger partial charge >= 0.3 is 0 Å². The lowest BCUT2D eigenvalue weighted by molar-refractivity contribution is 0.905. The number of benzene rings is 1. The van der Waals surface area contributed by atoms with Crippen molar-refractivity contribution >= 4 is 10.9 Å². The minimum Gasteiger partial charge on any atom is -0.232 e. The third-order valence-corrected chi connectivity index (χ3v) is 3.99. The van der Waals surface area contributed by atoms with Gasteiger partial charge in [0.05, 0.1) is 0 Å². The molecule has 1 aliphatic rings. The monoisotopic (exact) mass is 180 g/mol. The number of hydrogen-bond acceptors (Lipinski definition) is 0. The van der Waals surface area contributed by atoms with Crippen LogP contribution >= 0.6 is 10.9 Å². The van der Waals surface area contributed by atoms with Crippen LogP contribution in [0.3, 0.4) is 0 Å². The second-order valence-electron chi connectivity index (χ2n) is 3.66. The van der Waals surface area contributed by atoms with Crippen LogP contribution in [0.4, 0.5) is 0 Å². The zero-order valence-corrected chi connectivity index (χ0v) is 8.70. The molecule has 0 atom stereocenters. The maximum Gasteiger partial charge on any atom is -0.00950 e. The van der Waals surface area contributed by atoms with Gasteiger partial charge in [-0.15, -0.1) is 0 Å². The summed E-state index contributed by atoms with van der Waals surface area (Å²) >= 11 is 0. The van der Waals surface area contributed by atoms with E-state index in [4.69, 9.17) is 0 Å². The second-order valence-corrected chi connectivity index (χ2v) is 5.93. The summed E-state index contributed by atoms with van der Waals surface area (Å²) in [6.45, 7) is 0. The summed E-state index contributed by atoms with van der Waals surface area (Å²) in [6, 6.07) is 6.84. The number of rotatable bonds is 1. The molecule has 0 aromatic heterocycles. The third-order valence-electron chi connectivity index (χ3n) is 2.60. The van der Waals surface area contributed by atoms with Crippen LogP contribution in [-0.4, -0.2) is 12.5 Å². The van der Waals surface area contributed by atoms with Crippen molar-refractivity contribution in [2.24, 2.45) is 0 Å². The van der Waals surface area contributed by atoms with Crippen molar-refractivity contribution in [3.8, 4) is 0 Å². The van der Waals surface area contributed by atoms with E-state index < -0.39 is 0 Å². The molecule has 0 saturated heterocycles. The van der Waals surface area contributed by atoms with Crippen LogP contribution in [0.2, 0.25) is 0 Å². The summed E-state index contributed by atoms with van der Waals surface area (Å²) in [7, 11) is 0.102. The molecule has 66 valence electrons. The van der Waals surface area contributed by atoms with E-state index in [0.29, 0.717) is 0 Å². The lowest BCUT2D eigenvalue weighted by atomic mass is 10.1. The topological polar surface area (TPSA) is 0 Å². The Hall–Kier alpha value is -0.430. The number of thiol groups is 1. The van der Waals surface area contributed by atoms with Crippen LogP contribution in [0.5, 0.6) is 0 Å². The average Bonchev–Trinajstić information content (AvgIpc) is 2.49. The molecule has 0 heterocycles. The van der Waals surface area contributed by atoms with Crippen molar-refractivity contribution in [1.82, 2.24) is 0 Å². The van der Waals surface area contributed by atoms with Gasteiger partial charge in [-0.1, -0.05) is 18.2 Å². The van der Waals surface area contributed by atoms with Crippen LogP contribution in [0.25, 0.3) is 0 Å². The van der Waals surface area contributed by atoms with Crippen molar-refractivity contribution in [2.75, 3.05) is 12.5 Å². The van der Waals surface area contributed by atoms with Gasteiger partial charge in [0.25, 0.3) is 0 Å². The molecule has 1 aromatic rings. The van der Waals surface area contributed by atoms with E-state index in [9.17, 15) is 0 Å². The fourth-order valence-corrected chi connectivity index (χ4v) is 3.20. The molecule has 2 rings (SSSR count). The fourth-order valence-electron chi connectivity index (χ4n) is 2.02. The summed E-state index contributed by atoms with van der Waals surface area (Å²) in [6.07, 6.45) is 8.71. The Kier molecular flexibility index (Phi) is 2.14. The van der Waals surface area contributed by atoms with Crippen LogP contribution in [-0.2, 0) is 12.8 Å². The summed E-state index contributed by atoms with van der Waals surface area (Å²) in [5.41, 5.74) is 3.29. The Balaban J connectivity index is 2.49. The van der Waals surface area contributed by atoms with Crippen LogP contribution in [0.15, 0.2) is 23.1 Å². The first-order valence-electron chi connectivity index (χ1n) is 4.57. The minimum atomic E-state index is 0.102. The number of aryl methyl sites for hydroxylation is 1. The highest BCUT2D eigenvalue weighted by atomic mass is 32.2. The van der Waals surface area contributed by atoms with Crippen molar-refractivity contribution in [2.45, 2.75) is 24.2 Å². The second kappa shape index (κ2) is 3.14. The van der Waals surface area contributed by atoms with E-state index in [-0.39, 0.29) is 10.9 Å². The smallest absolute Gasteiger partial charge is 0.00950 e. The van der Waals surface area contributed by atoms with Crippen molar-refractivity contribution in [3.63, 3.8) is 0 Å². The zero-order chi connectivity index (χ0) is 8.55. The minimum absolute atomic E-state index is 0.102. The quantitative estimate of drug-likeness (QED) is 0.631. The standard InChI is InChI=1S/C11H16S/c1-12(2)11-8-4-6-9-5-3-7-10(9)11/h4,6,8,12H,3,5,7H2,1-2H3. The number of fused-ring (bicyclic) bond motifs is 1. The predicted molar refractivity (Wildman–Crippen MR) is 57.6 cm³/mol. The van der Waals surface area contributed by atoms with Crippen LogP contribution in [0, 0.1) is 0 Å². The van der Waals surface area contributed by atoms with Gasteiger partial charge < -0.3 is 0 Å².